The molecule has 1 amide bonds. The van der Waals surface area contributed by atoms with Crippen molar-refractivity contribution >= 4 is 6.09 Å². The number of rotatable bonds is 7. The van der Waals surface area contributed by atoms with Crippen LogP contribution >= 0.6 is 0 Å². The molecule has 1 rings (SSSR count). The minimum Gasteiger partial charge on any atom is -0.444 e. The van der Waals surface area contributed by atoms with Crippen LogP contribution in [-0.2, 0) is 4.74 Å². The van der Waals surface area contributed by atoms with Crippen LogP contribution in [0.4, 0.5) is 4.79 Å². The third-order valence-electron chi connectivity index (χ3n) is 4.31. The van der Waals surface area contributed by atoms with Crippen molar-refractivity contribution in [3.05, 3.63) is 0 Å². The molecule has 0 aromatic rings. The molecule has 1 aliphatic carbocycles. The van der Waals surface area contributed by atoms with E-state index in [1.807, 2.05) is 20.8 Å². The van der Waals surface area contributed by atoms with Gasteiger partial charge < -0.3 is 20.1 Å². The highest BCUT2D eigenvalue weighted by Gasteiger charge is 2.24. The van der Waals surface area contributed by atoms with Crippen LogP contribution in [-0.4, -0.2) is 53.5 Å². The Bertz CT molecular complexity index is 353. The summed E-state index contributed by atoms with van der Waals surface area (Å²) in [6.07, 6.45) is 5.44. The summed E-state index contributed by atoms with van der Waals surface area (Å²) in [5.41, 5.74) is -0.515. The van der Waals surface area contributed by atoms with Crippen LogP contribution in [0, 0.1) is 5.92 Å². The third-order valence-corrected chi connectivity index (χ3v) is 4.31. The Balaban J connectivity index is 2.43. The van der Waals surface area contributed by atoms with E-state index in [2.05, 4.69) is 12.2 Å². The van der Waals surface area contributed by atoms with Gasteiger partial charge in [-0.25, -0.2) is 4.79 Å². The van der Waals surface area contributed by atoms with Gasteiger partial charge in [-0.05, 0) is 46.5 Å². The first-order valence-electron chi connectivity index (χ1n) is 9.10. The molecule has 0 aliphatic heterocycles. The van der Waals surface area contributed by atoms with Gasteiger partial charge in [-0.15, -0.1) is 0 Å². The maximum atomic E-state index is 12.2. The summed E-state index contributed by atoms with van der Waals surface area (Å²) in [7, 11) is 0. The number of aliphatic hydroxyl groups is 1. The summed E-state index contributed by atoms with van der Waals surface area (Å²) in [5.74, 6) is 0.834. The van der Waals surface area contributed by atoms with Crippen molar-refractivity contribution in [2.45, 2.75) is 84.5 Å². The van der Waals surface area contributed by atoms with Crippen LogP contribution < -0.4 is 5.32 Å². The standard InChI is InChI=1S/C18H36N2O3/c1-6-15-8-7-9-16(12-15)19-10-11-20(13-14(2)21)17(22)23-18(3,4)5/h14-16,19,21H,6-13H2,1-5H3. The van der Waals surface area contributed by atoms with E-state index in [9.17, 15) is 9.90 Å². The summed E-state index contributed by atoms with van der Waals surface area (Å²) >= 11 is 0. The van der Waals surface area contributed by atoms with E-state index >= 15 is 0 Å². The number of hydrogen-bond donors (Lipinski definition) is 2. The lowest BCUT2D eigenvalue weighted by Crippen LogP contribution is -2.45. The molecule has 0 aromatic carbocycles. The van der Waals surface area contributed by atoms with Gasteiger partial charge in [0.25, 0.3) is 0 Å². The largest absolute Gasteiger partial charge is 0.444 e. The van der Waals surface area contributed by atoms with Gasteiger partial charge in [0.05, 0.1) is 6.10 Å². The summed E-state index contributed by atoms with van der Waals surface area (Å²) in [4.78, 5) is 13.8. The van der Waals surface area contributed by atoms with Crippen LogP contribution in [0.15, 0.2) is 0 Å². The third kappa shape index (κ3) is 8.56. The average Bonchev–Trinajstić information content (AvgIpc) is 2.44. The van der Waals surface area contributed by atoms with Crippen molar-refractivity contribution < 1.29 is 14.6 Å². The van der Waals surface area contributed by atoms with Crippen molar-refractivity contribution in [2.75, 3.05) is 19.6 Å². The fourth-order valence-electron chi connectivity index (χ4n) is 3.15. The topological polar surface area (TPSA) is 61.8 Å². The normalized spacial score (nSPS) is 23.4. The Hall–Kier alpha value is -0.810. The molecule has 3 unspecified atom stereocenters. The number of carbonyl (C=O) groups is 1. The Morgan fingerprint density at radius 1 is 1.39 bits per heavy atom. The second kappa shape index (κ2) is 9.48. The Labute approximate surface area is 141 Å². The van der Waals surface area contributed by atoms with Gasteiger partial charge >= 0.3 is 6.09 Å². The molecule has 5 heteroatoms. The highest BCUT2D eigenvalue weighted by Crippen LogP contribution is 2.26. The van der Waals surface area contributed by atoms with Gasteiger partial charge in [0, 0.05) is 25.7 Å². The van der Waals surface area contributed by atoms with E-state index in [1.54, 1.807) is 11.8 Å². The molecule has 0 saturated heterocycles. The lowest BCUT2D eigenvalue weighted by Gasteiger charge is -2.31. The van der Waals surface area contributed by atoms with Crippen LogP contribution in [0.25, 0.3) is 0 Å². The van der Waals surface area contributed by atoms with E-state index in [-0.39, 0.29) is 6.09 Å². The zero-order valence-corrected chi connectivity index (χ0v) is 15.6. The molecule has 0 heterocycles. The van der Waals surface area contributed by atoms with E-state index < -0.39 is 11.7 Å². The first-order chi connectivity index (χ1) is 10.7. The molecule has 23 heavy (non-hydrogen) atoms. The van der Waals surface area contributed by atoms with Crippen molar-refractivity contribution in [3.63, 3.8) is 0 Å². The fraction of sp³-hybridized carbons (Fsp3) is 0.944. The first kappa shape index (κ1) is 20.2. The van der Waals surface area contributed by atoms with Crippen LogP contribution in [0.5, 0.6) is 0 Å². The van der Waals surface area contributed by atoms with Gasteiger partial charge in [-0.3, -0.25) is 0 Å². The maximum absolute atomic E-state index is 12.2. The molecule has 0 aromatic heterocycles. The highest BCUT2D eigenvalue weighted by atomic mass is 16.6. The van der Waals surface area contributed by atoms with Crippen LogP contribution in [0.3, 0.4) is 0 Å². The first-order valence-corrected chi connectivity index (χ1v) is 9.10. The van der Waals surface area contributed by atoms with Crippen molar-refractivity contribution in [2.24, 2.45) is 5.92 Å². The molecule has 1 saturated carbocycles. The quantitative estimate of drug-likeness (QED) is 0.753. The van der Waals surface area contributed by atoms with Gasteiger partial charge in [-0.2, -0.15) is 0 Å². The zero-order valence-electron chi connectivity index (χ0n) is 15.6. The number of carbonyl (C=O) groups excluding carboxylic acids is 1. The van der Waals surface area contributed by atoms with Gasteiger partial charge in [0.15, 0.2) is 0 Å². The molecule has 136 valence electrons. The molecular formula is C18H36N2O3. The zero-order chi connectivity index (χ0) is 17.5. The number of aliphatic hydroxyl groups excluding tert-OH is 1. The number of nitrogens with one attached hydrogen (secondary N) is 1. The van der Waals surface area contributed by atoms with Crippen molar-refractivity contribution in [1.29, 1.82) is 0 Å². The monoisotopic (exact) mass is 328 g/mol. The molecule has 1 fully saturated rings. The van der Waals surface area contributed by atoms with Gasteiger partial charge in [-0.1, -0.05) is 26.2 Å². The molecular weight excluding hydrogens is 292 g/mol. The second-order valence-electron chi connectivity index (χ2n) is 7.87. The average molecular weight is 328 g/mol. The van der Waals surface area contributed by atoms with Crippen molar-refractivity contribution in [1.82, 2.24) is 10.2 Å². The predicted octanol–water partition coefficient (Wildman–Crippen LogP) is 3.16. The second-order valence-corrected chi connectivity index (χ2v) is 7.87. The summed E-state index contributed by atoms with van der Waals surface area (Å²) in [6.45, 7) is 11.1. The van der Waals surface area contributed by atoms with Crippen molar-refractivity contribution in [3.8, 4) is 0 Å². The minimum absolute atomic E-state index is 0.304. The summed E-state index contributed by atoms with van der Waals surface area (Å²) in [5, 5.41) is 13.2. The number of hydrogen-bond acceptors (Lipinski definition) is 4. The summed E-state index contributed by atoms with van der Waals surface area (Å²) in [6, 6.07) is 0.556. The fourth-order valence-corrected chi connectivity index (χ4v) is 3.15. The Morgan fingerprint density at radius 3 is 2.65 bits per heavy atom. The molecule has 0 spiro atoms. The molecule has 2 N–H and O–H groups in total. The predicted molar refractivity (Wildman–Crippen MR) is 93.5 cm³/mol. The minimum atomic E-state index is -0.554. The van der Waals surface area contributed by atoms with Crippen LogP contribution in [0.1, 0.15) is 66.7 Å². The lowest BCUT2D eigenvalue weighted by atomic mass is 9.84. The van der Waals surface area contributed by atoms with E-state index in [0.29, 0.717) is 19.1 Å². The highest BCUT2D eigenvalue weighted by molar-refractivity contribution is 5.68. The van der Waals surface area contributed by atoms with E-state index in [4.69, 9.17) is 4.74 Å². The van der Waals surface area contributed by atoms with Crippen LogP contribution in [0.2, 0.25) is 0 Å². The number of nitrogens with zero attached hydrogens (tertiary/aromatic N) is 1. The lowest BCUT2D eigenvalue weighted by molar-refractivity contribution is 0.0162. The smallest absolute Gasteiger partial charge is 0.410 e. The summed E-state index contributed by atoms with van der Waals surface area (Å²) < 4.78 is 5.43. The maximum Gasteiger partial charge on any atom is 0.410 e. The molecule has 1 aliphatic rings. The number of ether oxygens (including phenoxy) is 1. The molecule has 0 bridgehead atoms. The van der Waals surface area contributed by atoms with Gasteiger partial charge in [0.2, 0.25) is 0 Å². The Kier molecular flexibility index (Phi) is 8.34. The van der Waals surface area contributed by atoms with E-state index in [1.165, 1.54) is 32.1 Å². The molecule has 5 nitrogen and oxygen atoms in total. The molecule has 0 radical (unpaired) electrons. The Morgan fingerprint density at radius 2 is 2.09 bits per heavy atom. The van der Waals surface area contributed by atoms with Gasteiger partial charge in [0.1, 0.15) is 5.60 Å². The SMILES string of the molecule is CCC1CCCC(NCCN(CC(C)O)C(=O)OC(C)(C)C)C1. The van der Waals surface area contributed by atoms with E-state index in [0.717, 1.165) is 12.5 Å². The molecule has 3 atom stereocenters. The number of amides is 1.